The van der Waals surface area contributed by atoms with Crippen molar-refractivity contribution in [3.05, 3.63) is 47.0 Å². The summed E-state index contributed by atoms with van der Waals surface area (Å²) in [5.74, 6) is -0.183. The molecule has 0 radical (unpaired) electrons. The van der Waals surface area contributed by atoms with Crippen LogP contribution >= 0.6 is 0 Å². The van der Waals surface area contributed by atoms with E-state index in [9.17, 15) is 34.8 Å². The van der Waals surface area contributed by atoms with Crippen LogP contribution in [-0.2, 0) is 22.4 Å². The SMILES string of the molecule is CCCNc1ccc(N=Cc2cc(C(F)(F)F)cc(C(F)(F)F)c2)c(NS(=O)(=O)CC)n1. The molecule has 0 saturated carbocycles. The zero-order chi connectivity index (χ0) is 24.2. The Morgan fingerprint density at radius 2 is 1.59 bits per heavy atom. The number of aromatic nitrogens is 1. The minimum atomic E-state index is -5.00. The van der Waals surface area contributed by atoms with Gasteiger partial charge in [-0.2, -0.15) is 26.3 Å². The van der Waals surface area contributed by atoms with Gasteiger partial charge in [0.2, 0.25) is 10.0 Å². The molecule has 0 atom stereocenters. The first kappa shape index (κ1) is 25.4. The molecule has 1 aromatic heterocycles. The lowest BCUT2D eigenvalue weighted by atomic mass is 10.1. The van der Waals surface area contributed by atoms with Crippen molar-refractivity contribution >= 4 is 33.6 Å². The molecule has 2 rings (SSSR count). The summed E-state index contributed by atoms with van der Waals surface area (Å²) < 4.78 is 104. The zero-order valence-corrected chi connectivity index (χ0v) is 17.8. The molecule has 0 fully saturated rings. The Kier molecular flexibility index (Phi) is 7.75. The number of hydrogen-bond donors (Lipinski definition) is 2. The van der Waals surface area contributed by atoms with Gasteiger partial charge in [-0.05, 0) is 49.2 Å². The normalized spacial score (nSPS) is 12.9. The van der Waals surface area contributed by atoms with Gasteiger partial charge in [0, 0.05) is 12.8 Å². The quantitative estimate of drug-likeness (QED) is 0.387. The van der Waals surface area contributed by atoms with E-state index in [2.05, 4.69) is 20.0 Å². The maximum atomic E-state index is 13.0. The van der Waals surface area contributed by atoms with Crippen molar-refractivity contribution in [2.45, 2.75) is 32.6 Å². The Balaban J connectivity index is 2.51. The first-order valence-corrected chi connectivity index (χ1v) is 11.0. The van der Waals surface area contributed by atoms with Gasteiger partial charge in [-0.25, -0.2) is 13.4 Å². The maximum Gasteiger partial charge on any atom is 0.416 e. The standard InChI is InChI=1S/C19H20F6N4O2S/c1-3-7-26-16-6-5-15(17(28-16)29-32(30,31)4-2)27-11-12-8-13(18(20,21)22)10-14(9-12)19(23,24)25/h5-6,8-11H,3-4,7H2,1-2H3,(H2,26,28,29). The minimum absolute atomic E-state index is 0.00783. The average molecular weight is 482 g/mol. The third-order valence-corrected chi connectivity index (χ3v) is 5.29. The first-order valence-electron chi connectivity index (χ1n) is 9.34. The van der Waals surface area contributed by atoms with Crippen molar-refractivity contribution in [1.29, 1.82) is 0 Å². The van der Waals surface area contributed by atoms with E-state index in [-0.39, 0.29) is 23.3 Å². The number of aliphatic imine (C=N–C) groups is 1. The number of nitrogens with zero attached hydrogens (tertiary/aromatic N) is 2. The van der Waals surface area contributed by atoms with Gasteiger partial charge >= 0.3 is 12.4 Å². The Bertz CT molecular complexity index is 1050. The van der Waals surface area contributed by atoms with Gasteiger partial charge in [-0.1, -0.05) is 6.92 Å². The average Bonchev–Trinajstić information content (AvgIpc) is 2.69. The van der Waals surface area contributed by atoms with Crippen LogP contribution in [0.3, 0.4) is 0 Å². The Morgan fingerprint density at radius 3 is 2.09 bits per heavy atom. The molecule has 0 bridgehead atoms. The summed E-state index contributed by atoms with van der Waals surface area (Å²) in [5, 5.41) is 2.94. The lowest BCUT2D eigenvalue weighted by Crippen LogP contribution is -2.16. The molecule has 0 aliphatic rings. The highest BCUT2D eigenvalue weighted by molar-refractivity contribution is 7.92. The highest BCUT2D eigenvalue weighted by Crippen LogP contribution is 2.36. The molecule has 0 unspecified atom stereocenters. The van der Waals surface area contributed by atoms with E-state index in [0.29, 0.717) is 24.5 Å². The van der Waals surface area contributed by atoms with Crippen LogP contribution in [0.5, 0.6) is 0 Å². The number of anilines is 2. The molecule has 0 spiro atoms. The van der Waals surface area contributed by atoms with Crippen LogP contribution in [-0.4, -0.2) is 31.9 Å². The Labute approximate surface area is 180 Å². The number of halogens is 6. The number of nitrogens with one attached hydrogen (secondary N) is 2. The molecule has 1 heterocycles. The highest BCUT2D eigenvalue weighted by atomic mass is 32.2. The smallest absolute Gasteiger partial charge is 0.370 e. The molecule has 13 heteroatoms. The van der Waals surface area contributed by atoms with E-state index < -0.39 is 39.1 Å². The van der Waals surface area contributed by atoms with E-state index in [4.69, 9.17) is 0 Å². The number of pyridine rings is 1. The summed E-state index contributed by atoms with van der Waals surface area (Å²) in [7, 11) is -3.78. The van der Waals surface area contributed by atoms with E-state index in [0.717, 1.165) is 12.6 Å². The van der Waals surface area contributed by atoms with Crippen LogP contribution in [0.15, 0.2) is 35.3 Å². The fourth-order valence-corrected chi connectivity index (χ4v) is 2.99. The number of sulfonamides is 1. The van der Waals surface area contributed by atoms with E-state index in [1.165, 1.54) is 19.1 Å². The Morgan fingerprint density at radius 1 is 1.00 bits per heavy atom. The fraction of sp³-hybridized carbons (Fsp3) is 0.368. The third-order valence-electron chi connectivity index (χ3n) is 4.02. The molecule has 32 heavy (non-hydrogen) atoms. The number of alkyl halides is 6. The predicted octanol–water partition coefficient (Wildman–Crippen LogP) is 5.45. The number of benzene rings is 1. The molecular formula is C19H20F6N4O2S. The second kappa shape index (κ2) is 9.76. The van der Waals surface area contributed by atoms with Crippen LogP contribution < -0.4 is 10.0 Å². The highest BCUT2D eigenvalue weighted by Gasteiger charge is 2.36. The summed E-state index contributed by atoms with van der Waals surface area (Å²) in [6.45, 7) is 3.82. The van der Waals surface area contributed by atoms with Gasteiger partial charge in [0.05, 0.1) is 16.9 Å². The minimum Gasteiger partial charge on any atom is -0.370 e. The molecule has 0 aliphatic carbocycles. The topological polar surface area (TPSA) is 83.5 Å². The monoisotopic (exact) mass is 482 g/mol. The Hall–Kier alpha value is -2.83. The van der Waals surface area contributed by atoms with Crippen molar-refractivity contribution in [2.24, 2.45) is 4.99 Å². The summed E-state index contributed by atoms with van der Waals surface area (Å²) in [6.07, 6.45) is -8.46. The van der Waals surface area contributed by atoms with E-state index in [1.54, 1.807) is 0 Å². The second-order valence-electron chi connectivity index (χ2n) is 6.59. The lowest BCUT2D eigenvalue weighted by molar-refractivity contribution is -0.143. The van der Waals surface area contributed by atoms with Crippen LogP contribution in [0.2, 0.25) is 0 Å². The molecular weight excluding hydrogens is 462 g/mol. The third kappa shape index (κ3) is 7.11. The van der Waals surface area contributed by atoms with Crippen molar-refractivity contribution in [1.82, 2.24) is 4.98 Å². The maximum absolute atomic E-state index is 13.0. The van der Waals surface area contributed by atoms with Gasteiger partial charge in [0.15, 0.2) is 5.82 Å². The van der Waals surface area contributed by atoms with Gasteiger partial charge in [0.1, 0.15) is 11.5 Å². The van der Waals surface area contributed by atoms with Crippen LogP contribution in [0.4, 0.5) is 43.7 Å². The summed E-state index contributed by atoms with van der Waals surface area (Å²) >= 11 is 0. The molecule has 1 aromatic carbocycles. The van der Waals surface area contributed by atoms with Gasteiger partial charge in [-0.15, -0.1) is 0 Å². The molecule has 2 aromatic rings. The van der Waals surface area contributed by atoms with Crippen molar-refractivity contribution in [2.75, 3.05) is 22.3 Å². The van der Waals surface area contributed by atoms with Crippen molar-refractivity contribution < 1.29 is 34.8 Å². The van der Waals surface area contributed by atoms with Crippen LogP contribution in [0.25, 0.3) is 0 Å². The van der Waals surface area contributed by atoms with Crippen molar-refractivity contribution in [3.8, 4) is 0 Å². The molecule has 2 N–H and O–H groups in total. The largest absolute Gasteiger partial charge is 0.416 e. The second-order valence-corrected chi connectivity index (χ2v) is 8.60. The van der Waals surface area contributed by atoms with Gasteiger partial charge in [-0.3, -0.25) is 9.71 Å². The fourth-order valence-electron chi connectivity index (χ4n) is 2.40. The van der Waals surface area contributed by atoms with Gasteiger partial charge < -0.3 is 5.32 Å². The summed E-state index contributed by atoms with van der Waals surface area (Å²) in [4.78, 5) is 7.98. The number of rotatable bonds is 8. The van der Waals surface area contributed by atoms with Gasteiger partial charge in [0.25, 0.3) is 0 Å². The molecule has 176 valence electrons. The number of hydrogen-bond acceptors (Lipinski definition) is 5. The predicted molar refractivity (Wildman–Crippen MR) is 110 cm³/mol. The first-order chi connectivity index (χ1) is 14.7. The molecule has 0 saturated heterocycles. The van der Waals surface area contributed by atoms with E-state index in [1.807, 2.05) is 6.92 Å². The molecule has 0 amide bonds. The van der Waals surface area contributed by atoms with Crippen molar-refractivity contribution in [3.63, 3.8) is 0 Å². The van der Waals surface area contributed by atoms with E-state index >= 15 is 0 Å². The molecule has 0 aliphatic heterocycles. The van der Waals surface area contributed by atoms with Crippen LogP contribution in [0, 0.1) is 0 Å². The van der Waals surface area contributed by atoms with Crippen LogP contribution in [0.1, 0.15) is 37.0 Å². The zero-order valence-electron chi connectivity index (χ0n) is 17.0. The summed E-state index contributed by atoms with van der Waals surface area (Å²) in [6, 6.07) is 3.83. The summed E-state index contributed by atoms with van der Waals surface area (Å²) in [5.41, 5.74) is -3.53. The lowest BCUT2D eigenvalue weighted by Gasteiger charge is -2.13. The molecule has 6 nitrogen and oxygen atoms in total.